The van der Waals surface area contributed by atoms with Crippen LogP contribution >= 0.6 is 0 Å². The zero-order valence-electron chi connectivity index (χ0n) is 19.4. The van der Waals surface area contributed by atoms with E-state index in [9.17, 15) is 13.2 Å². The van der Waals surface area contributed by atoms with Crippen LogP contribution in [0.5, 0.6) is 0 Å². The number of anilines is 1. The van der Waals surface area contributed by atoms with Crippen LogP contribution in [0.25, 0.3) is 5.69 Å². The lowest BCUT2D eigenvalue weighted by Crippen LogP contribution is -2.30. The van der Waals surface area contributed by atoms with E-state index < -0.39 is 9.84 Å². The van der Waals surface area contributed by atoms with Gasteiger partial charge in [-0.15, -0.1) is 0 Å². The van der Waals surface area contributed by atoms with Gasteiger partial charge in [0.2, 0.25) is 5.91 Å². The van der Waals surface area contributed by atoms with E-state index >= 15 is 0 Å². The molecule has 0 spiro atoms. The molecular formula is C23H30N6O3S. The Kier molecular flexibility index (Phi) is 6.40. The second kappa shape index (κ2) is 9.11. The van der Waals surface area contributed by atoms with Gasteiger partial charge in [-0.05, 0) is 46.4 Å². The maximum absolute atomic E-state index is 12.8. The maximum atomic E-state index is 12.8. The van der Waals surface area contributed by atoms with E-state index in [1.54, 1.807) is 4.68 Å². The largest absolute Gasteiger partial charge is 0.309 e. The minimum atomic E-state index is -2.99. The molecule has 0 radical (unpaired) electrons. The summed E-state index contributed by atoms with van der Waals surface area (Å²) in [5.41, 5.74) is 4.54. The molecule has 176 valence electrons. The van der Waals surface area contributed by atoms with Crippen molar-refractivity contribution in [3.63, 3.8) is 0 Å². The number of hydrogen-bond acceptors (Lipinski definition) is 6. The average molecular weight is 471 g/mol. The molecule has 0 aliphatic carbocycles. The average Bonchev–Trinajstić information content (AvgIpc) is 3.39. The van der Waals surface area contributed by atoms with Gasteiger partial charge >= 0.3 is 0 Å². The predicted molar refractivity (Wildman–Crippen MR) is 127 cm³/mol. The quantitative estimate of drug-likeness (QED) is 0.569. The van der Waals surface area contributed by atoms with Gasteiger partial charge in [0.25, 0.3) is 0 Å². The number of carbonyl (C=O) groups excluding carboxylic acids is 1. The summed E-state index contributed by atoms with van der Waals surface area (Å²) < 4.78 is 27.3. The summed E-state index contributed by atoms with van der Waals surface area (Å²) in [5, 5.41) is 12.1. The SMILES string of the molecule is Cc1cc(NC(=O)CN(C)Cc2c(C)nn([C@@H]3CCS(=O)(=O)C3)c2C)n(-c2ccccc2)n1. The van der Waals surface area contributed by atoms with Crippen molar-refractivity contribution >= 4 is 21.6 Å². The molecular weight excluding hydrogens is 440 g/mol. The van der Waals surface area contributed by atoms with Crippen LogP contribution in [0.4, 0.5) is 5.82 Å². The second-order valence-electron chi connectivity index (χ2n) is 8.79. The number of nitrogens with zero attached hydrogens (tertiary/aromatic N) is 5. The fraction of sp³-hybridized carbons (Fsp3) is 0.435. The Bertz CT molecular complexity index is 1260. The molecule has 1 saturated heterocycles. The van der Waals surface area contributed by atoms with Gasteiger partial charge < -0.3 is 5.32 Å². The first-order valence-electron chi connectivity index (χ1n) is 11.0. The van der Waals surface area contributed by atoms with Crippen LogP contribution < -0.4 is 5.32 Å². The number of para-hydroxylation sites is 1. The lowest BCUT2D eigenvalue weighted by atomic mass is 10.1. The van der Waals surface area contributed by atoms with Crippen molar-refractivity contribution < 1.29 is 13.2 Å². The normalized spacial score (nSPS) is 17.5. The molecule has 1 N–H and O–H groups in total. The molecule has 1 aliphatic heterocycles. The molecule has 4 rings (SSSR count). The Hall–Kier alpha value is -2.98. The Morgan fingerprint density at radius 1 is 1.18 bits per heavy atom. The minimum Gasteiger partial charge on any atom is -0.309 e. The summed E-state index contributed by atoms with van der Waals surface area (Å²) in [6.45, 7) is 6.52. The monoisotopic (exact) mass is 470 g/mol. The number of likely N-dealkylation sites (N-methyl/N-ethyl adjacent to an activating group) is 1. The molecule has 0 unspecified atom stereocenters. The van der Waals surface area contributed by atoms with E-state index in [0.29, 0.717) is 18.8 Å². The van der Waals surface area contributed by atoms with Crippen LogP contribution in [0.3, 0.4) is 0 Å². The molecule has 1 fully saturated rings. The van der Waals surface area contributed by atoms with Crippen molar-refractivity contribution in [2.75, 3.05) is 30.4 Å². The first-order valence-corrected chi connectivity index (χ1v) is 12.8. The standard InChI is InChI=1S/C23H30N6O3S/c1-16-12-22(29(25-16)19-8-6-5-7-9-19)24-23(30)14-27(4)13-21-17(2)26-28(18(21)3)20-10-11-33(31,32)15-20/h5-9,12,20H,10-11,13-15H2,1-4H3,(H,24,30)/t20-/m1/s1. The maximum Gasteiger partial charge on any atom is 0.239 e. The minimum absolute atomic E-state index is 0.113. The molecule has 1 aromatic carbocycles. The van der Waals surface area contributed by atoms with Crippen molar-refractivity contribution in [2.24, 2.45) is 0 Å². The lowest BCUT2D eigenvalue weighted by molar-refractivity contribution is -0.117. The number of amides is 1. The molecule has 3 heterocycles. The fourth-order valence-corrected chi connectivity index (χ4v) is 6.05. The second-order valence-corrected chi connectivity index (χ2v) is 11.0. The molecule has 0 bridgehead atoms. The third-order valence-corrected chi connectivity index (χ3v) is 7.72. The highest BCUT2D eigenvalue weighted by Crippen LogP contribution is 2.27. The summed E-state index contributed by atoms with van der Waals surface area (Å²) in [6, 6.07) is 11.4. The summed E-state index contributed by atoms with van der Waals surface area (Å²) in [6.07, 6.45) is 0.594. The number of sulfone groups is 1. The number of rotatable bonds is 7. The Morgan fingerprint density at radius 2 is 1.91 bits per heavy atom. The smallest absolute Gasteiger partial charge is 0.239 e. The molecule has 3 aromatic rings. The first-order chi connectivity index (χ1) is 15.6. The summed E-state index contributed by atoms with van der Waals surface area (Å²) >= 11 is 0. The van der Waals surface area contributed by atoms with E-state index in [-0.39, 0.29) is 30.0 Å². The summed E-state index contributed by atoms with van der Waals surface area (Å²) in [5.74, 6) is 0.838. The van der Waals surface area contributed by atoms with Gasteiger partial charge in [-0.2, -0.15) is 10.2 Å². The third-order valence-electron chi connectivity index (χ3n) is 5.97. The summed E-state index contributed by atoms with van der Waals surface area (Å²) in [4.78, 5) is 14.7. The Morgan fingerprint density at radius 3 is 2.58 bits per heavy atom. The van der Waals surface area contributed by atoms with Gasteiger partial charge in [-0.1, -0.05) is 18.2 Å². The van der Waals surface area contributed by atoms with Crippen LogP contribution in [0, 0.1) is 20.8 Å². The molecule has 1 atom stereocenters. The first kappa shape index (κ1) is 23.2. The number of hydrogen-bond donors (Lipinski definition) is 1. The molecule has 1 aliphatic rings. The third kappa shape index (κ3) is 5.17. The van der Waals surface area contributed by atoms with Crippen molar-refractivity contribution in [3.05, 3.63) is 59.0 Å². The Balaban J connectivity index is 1.42. The van der Waals surface area contributed by atoms with E-state index in [2.05, 4.69) is 15.5 Å². The van der Waals surface area contributed by atoms with Crippen LogP contribution in [0.15, 0.2) is 36.4 Å². The highest BCUT2D eigenvalue weighted by Gasteiger charge is 2.31. The van der Waals surface area contributed by atoms with Gasteiger partial charge in [0.05, 0.1) is 41.2 Å². The van der Waals surface area contributed by atoms with Crippen molar-refractivity contribution in [3.8, 4) is 5.69 Å². The predicted octanol–water partition coefficient (Wildman–Crippen LogP) is 2.42. The molecule has 33 heavy (non-hydrogen) atoms. The van der Waals surface area contributed by atoms with Crippen LogP contribution in [-0.2, 0) is 21.2 Å². The molecule has 0 saturated carbocycles. The van der Waals surface area contributed by atoms with Crippen LogP contribution in [0.2, 0.25) is 0 Å². The highest BCUT2D eigenvalue weighted by molar-refractivity contribution is 7.91. The molecule has 2 aromatic heterocycles. The highest BCUT2D eigenvalue weighted by atomic mass is 32.2. The van der Waals surface area contributed by atoms with Gasteiger partial charge in [-0.3, -0.25) is 14.4 Å². The van der Waals surface area contributed by atoms with Crippen LogP contribution in [-0.4, -0.2) is 63.9 Å². The zero-order valence-corrected chi connectivity index (χ0v) is 20.3. The van der Waals surface area contributed by atoms with Gasteiger partial charge in [0.1, 0.15) is 5.82 Å². The molecule has 9 nitrogen and oxygen atoms in total. The number of aromatic nitrogens is 4. The fourth-order valence-electron chi connectivity index (χ4n) is 4.36. The Labute approximate surface area is 194 Å². The number of benzene rings is 1. The number of carbonyl (C=O) groups is 1. The summed E-state index contributed by atoms with van der Waals surface area (Å²) in [7, 11) is -1.10. The molecule has 1 amide bonds. The van der Waals surface area contributed by atoms with Gasteiger partial charge in [0.15, 0.2) is 9.84 Å². The van der Waals surface area contributed by atoms with E-state index in [1.165, 1.54) is 0 Å². The zero-order chi connectivity index (χ0) is 23.8. The lowest BCUT2D eigenvalue weighted by Gasteiger charge is -2.17. The van der Waals surface area contributed by atoms with Gasteiger partial charge in [-0.25, -0.2) is 13.1 Å². The van der Waals surface area contributed by atoms with E-state index in [4.69, 9.17) is 0 Å². The number of nitrogens with one attached hydrogen (secondary N) is 1. The van der Waals surface area contributed by atoms with Gasteiger partial charge in [0, 0.05) is 23.9 Å². The van der Waals surface area contributed by atoms with Crippen molar-refractivity contribution in [1.29, 1.82) is 0 Å². The van der Waals surface area contributed by atoms with Crippen molar-refractivity contribution in [2.45, 2.75) is 39.8 Å². The number of aryl methyl sites for hydroxylation is 2. The van der Waals surface area contributed by atoms with Crippen LogP contribution in [0.1, 0.15) is 35.1 Å². The molecule has 10 heteroatoms. The topological polar surface area (TPSA) is 102 Å². The van der Waals surface area contributed by atoms with E-state index in [0.717, 1.165) is 28.3 Å². The van der Waals surface area contributed by atoms with Crippen molar-refractivity contribution in [1.82, 2.24) is 24.5 Å². The van der Waals surface area contributed by atoms with E-state index in [1.807, 2.05) is 73.8 Å².